The molecule has 0 amide bonds. The number of halogens is 2. The standard InChI is InChI=1S/C9H12Cl2N2O2/c1-14-2-3-15-9-5-8(13-12)6(10)4-7(9)11/h4-5,13H,2-3,12H2,1H3. The molecule has 0 aliphatic rings. The molecule has 1 aromatic carbocycles. The summed E-state index contributed by atoms with van der Waals surface area (Å²) in [6, 6.07) is 3.21. The van der Waals surface area contributed by atoms with Gasteiger partial charge in [-0.3, -0.25) is 5.84 Å². The lowest BCUT2D eigenvalue weighted by molar-refractivity contribution is 0.146. The summed E-state index contributed by atoms with van der Waals surface area (Å²) in [5.74, 6) is 5.79. The fraction of sp³-hybridized carbons (Fsp3) is 0.333. The summed E-state index contributed by atoms with van der Waals surface area (Å²) >= 11 is 11.8. The number of hydrazine groups is 1. The van der Waals surface area contributed by atoms with Gasteiger partial charge in [0, 0.05) is 13.2 Å². The Labute approximate surface area is 98.2 Å². The van der Waals surface area contributed by atoms with Gasteiger partial charge in [0.1, 0.15) is 12.4 Å². The van der Waals surface area contributed by atoms with Crippen LogP contribution in [0, 0.1) is 0 Å². The van der Waals surface area contributed by atoms with E-state index in [0.29, 0.717) is 34.7 Å². The minimum absolute atomic E-state index is 0.419. The van der Waals surface area contributed by atoms with Crippen molar-refractivity contribution in [3.05, 3.63) is 22.2 Å². The Balaban J connectivity index is 2.78. The fourth-order valence-corrected chi connectivity index (χ4v) is 1.48. The number of nitrogens with one attached hydrogen (secondary N) is 1. The summed E-state index contributed by atoms with van der Waals surface area (Å²) in [5, 5.41) is 0.886. The zero-order valence-electron chi connectivity index (χ0n) is 8.22. The maximum absolute atomic E-state index is 5.92. The molecular formula is C9H12Cl2N2O2. The van der Waals surface area contributed by atoms with Crippen molar-refractivity contribution < 1.29 is 9.47 Å². The zero-order chi connectivity index (χ0) is 11.3. The third kappa shape index (κ3) is 3.43. The van der Waals surface area contributed by atoms with E-state index in [9.17, 15) is 0 Å². The normalized spacial score (nSPS) is 10.1. The second-order valence-corrected chi connectivity index (χ2v) is 3.56. The Bertz CT molecular complexity index is 334. The smallest absolute Gasteiger partial charge is 0.140 e. The van der Waals surface area contributed by atoms with Crippen molar-refractivity contribution in [2.45, 2.75) is 0 Å². The second-order valence-electron chi connectivity index (χ2n) is 2.75. The SMILES string of the molecule is COCCOc1cc(NN)c(Cl)cc1Cl. The molecule has 1 aromatic rings. The largest absolute Gasteiger partial charge is 0.490 e. The maximum atomic E-state index is 5.92. The number of methoxy groups -OCH3 is 1. The zero-order valence-corrected chi connectivity index (χ0v) is 9.73. The van der Waals surface area contributed by atoms with Gasteiger partial charge in [-0.05, 0) is 6.07 Å². The van der Waals surface area contributed by atoms with Crippen molar-refractivity contribution >= 4 is 28.9 Å². The second kappa shape index (κ2) is 6.02. The van der Waals surface area contributed by atoms with E-state index in [1.165, 1.54) is 0 Å². The summed E-state index contributed by atoms with van der Waals surface area (Å²) in [5.41, 5.74) is 3.01. The van der Waals surface area contributed by atoms with E-state index in [0.717, 1.165) is 0 Å². The number of nitrogen functional groups attached to an aromatic ring is 1. The van der Waals surface area contributed by atoms with Gasteiger partial charge in [0.25, 0.3) is 0 Å². The highest BCUT2D eigenvalue weighted by Crippen LogP contribution is 2.33. The van der Waals surface area contributed by atoms with Crippen LogP contribution in [0.3, 0.4) is 0 Å². The molecule has 0 unspecified atom stereocenters. The molecule has 1 rings (SSSR count). The van der Waals surface area contributed by atoms with Crippen LogP contribution in [0.2, 0.25) is 10.0 Å². The van der Waals surface area contributed by atoms with Gasteiger partial charge in [0.2, 0.25) is 0 Å². The average molecular weight is 251 g/mol. The van der Waals surface area contributed by atoms with Gasteiger partial charge in [-0.1, -0.05) is 23.2 Å². The van der Waals surface area contributed by atoms with Crippen molar-refractivity contribution in [2.75, 3.05) is 25.7 Å². The molecule has 0 atom stereocenters. The number of hydrogen-bond acceptors (Lipinski definition) is 4. The van der Waals surface area contributed by atoms with E-state index in [1.54, 1.807) is 19.2 Å². The molecule has 0 spiro atoms. The first-order chi connectivity index (χ1) is 7.19. The van der Waals surface area contributed by atoms with Crippen LogP contribution in [-0.2, 0) is 4.74 Å². The van der Waals surface area contributed by atoms with Gasteiger partial charge in [-0.25, -0.2) is 0 Å². The number of nitrogens with two attached hydrogens (primary N) is 1. The van der Waals surface area contributed by atoms with Crippen LogP contribution in [0.5, 0.6) is 5.75 Å². The van der Waals surface area contributed by atoms with Crippen LogP contribution < -0.4 is 16.0 Å². The molecule has 0 saturated heterocycles. The molecule has 6 heteroatoms. The number of benzene rings is 1. The lowest BCUT2D eigenvalue weighted by Crippen LogP contribution is -2.09. The van der Waals surface area contributed by atoms with Crippen molar-refractivity contribution in [1.82, 2.24) is 0 Å². The summed E-state index contributed by atoms with van der Waals surface area (Å²) in [6.07, 6.45) is 0. The van der Waals surface area contributed by atoms with Gasteiger partial charge in [-0.2, -0.15) is 0 Å². The highest BCUT2D eigenvalue weighted by Gasteiger charge is 2.07. The van der Waals surface area contributed by atoms with Crippen molar-refractivity contribution in [2.24, 2.45) is 5.84 Å². The topological polar surface area (TPSA) is 56.5 Å². The molecule has 15 heavy (non-hydrogen) atoms. The Morgan fingerprint density at radius 1 is 1.27 bits per heavy atom. The van der Waals surface area contributed by atoms with Gasteiger partial charge in [-0.15, -0.1) is 0 Å². The van der Waals surface area contributed by atoms with Gasteiger partial charge in [0.15, 0.2) is 0 Å². The van der Waals surface area contributed by atoms with Gasteiger partial charge < -0.3 is 14.9 Å². The molecule has 0 heterocycles. The first-order valence-electron chi connectivity index (χ1n) is 4.26. The minimum atomic E-state index is 0.419. The summed E-state index contributed by atoms with van der Waals surface area (Å²) in [4.78, 5) is 0. The highest BCUT2D eigenvalue weighted by atomic mass is 35.5. The van der Waals surface area contributed by atoms with E-state index in [1.807, 2.05) is 0 Å². The van der Waals surface area contributed by atoms with E-state index in [4.69, 9.17) is 38.5 Å². The van der Waals surface area contributed by atoms with E-state index in [2.05, 4.69) is 5.43 Å². The monoisotopic (exact) mass is 250 g/mol. The molecule has 84 valence electrons. The minimum Gasteiger partial charge on any atom is -0.490 e. The molecule has 0 aromatic heterocycles. The van der Waals surface area contributed by atoms with Crippen LogP contribution in [0.1, 0.15) is 0 Å². The molecule has 0 aliphatic carbocycles. The van der Waals surface area contributed by atoms with Crippen molar-refractivity contribution in [3.8, 4) is 5.75 Å². The quantitative estimate of drug-likeness (QED) is 0.479. The Morgan fingerprint density at radius 3 is 2.60 bits per heavy atom. The molecule has 0 bridgehead atoms. The number of rotatable bonds is 5. The van der Waals surface area contributed by atoms with E-state index in [-0.39, 0.29) is 0 Å². The Hall–Kier alpha value is -0.680. The Kier molecular flexibility index (Phi) is 4.98. The predicted octanol–water partition coefficient (Wildman–Crippen LogP) is 2.30. The summed E-state index contributed by atoms with van der Waals surface area (Å²) in [6.45, 7) is 0.909. The van der Waals surface area contributed by atoms with Crippen LogP contribution in [0.25, 0.3) is 0 Å². The average Bonchev–Trinajstić information content (AvgIpc) is 2.21. The summed E-state index contributed by atoms with van der Waals surface area (Å²) < 4.78 is 10.2. The van der Waals surface area contributed by atoms with Crippen LogP contribution in [0.15, 0.2) is 12.1 Å². The lowest BCUT2D eigenvalue weighted by Gasteiger charge is -2.10. The Morgan fingerprint density at radius 2 is 2.00 bits per heavy atom. The maximum Gasteiger partial charge on any atom is 0.140 e. The van der Waals surface area contributed by atoms with Crippen LogP contribution in [-0.4, -0.2) is 20.3 Å². The summed E-state index contributed by atoms with van der Waals surface area (Å²) in [7, 11) is 1.60. The first kappa shape index (κ1) is 12.4. The number of ether oxygens (including phenoxy) is 2. The predicted molar refractivity (Wildman–Crippen MR) is 61.6 cm³/mol. The first-order valence-corrected chi connectivity index (χ1v) is 5.02. The van der Waals surface area contributed by atoms with E-state index >= 15 is 0 Å². The van der Waals surface area contributed by atoms with Gasteiger partial charge in [0.05, 0.1) is 22.3 Å². The third-order valence-electron chi connectivity index (χ3n) is 1.72. The van der Waals surface area contributed by atoms with Crippen LogP contribution in [0.4, 0.5) is 5.69 Å². The molecule has 0 radical (unpaired) electrons. The van der Waals surface area contributed by atoms with Crippen molar-refractivity contribution in [1.29, 1.82) is 0 Å². The lowest BCUT2D eigenvalue weighted by atomic mass is 10.3. The van der Waals surface area contributed by atoms with Crippen LogP contribution >= 0.6 is 23.2 Å². The third-order valence-corrected chi connectivity index (χ3v) is 2.33. The van der Waals surface area contributed by atoms with E-state index < -0.39 is 0 Å². The molecule has 0 aliphatic heterocycles. The molecular weight excluding hydrogens is 239 g/mol. The molecule has 4 nitrogen and oxygen atoms in total. The molecule has 3 N–H and O–H groups in total. The molecule has 0 saturated carbocycles. The highest BCUT2D eigenvalue weighted by molar-refractivity contribution is 6.37. The number of hydrogen-bond donors (Lipinski definition) is 2. The van der Waals surface area contributed by atoms with Crippen molar-refractivity contribution in [3.63, 3.8) is 0 Å². The fourth-order valence-electron chi connectivity index (χ4n) is 0.985. The van der Waals surface area contributed by atoms with Gasteiger partial charge >= 0.3 is 0 Å². The number of anilines is 1. The molecule has 0 fully saturated rings.